The number of hydrogen-bond acceptors (Lipinski definition) is 5. The molecule has 0 fully saturated rings. The van der Waals surface area contributed by atoms with E-state index in [-0.39, 0.29) is 22.2 Å². The number of aryl methyl sites for hydroxylation is 1. The van der Waals surface area contributed by atoms with Gasteiger partial charge in [-0.2, -0.15) is 9.41 Å². The van der Waals surface area contributed by atoms with E-state index in [4.69, 9.17) is 23.2 Å². The second kappa shape index (κ2) is 11.3. The molecule has 0 unspecified atom stereocenters. The number of hydrogen-bond donors (Lipinski definition) is 2. The summed E-state index contributed by atoms with van der Waals surface area (Å²) in [4.78, 5) is 12.8. The first-order chi connectivity index (χ1) is 17.6. The van der Waals surface area contributed by atoms with Crippen molar-refractivity contribution in [2.45, 2.75) is 18.4 Å². The molecule has 0 bridgehead atoms. The summed E-state index contributed by atoms with van der Waals surface area (Å²) in [5.74, 6) is -0.672. The van der Waals surface area contributed by atoms with Crippen molar-refractivity contribution in [3.8, 4) is 5.75 Å². The van der Waals surface area contributed by atoms with E-state index in [0.29, 0.717) is 16.1 Å². The van der Waals surface area contributed by atoms with Crippen LogP contribution in [0.2, 0.25) is 10.0 Å². The quantitative estimate of drug-likeness (QED) is 0.221. The van der Waals surface area contributed by atoms with Gasteiger partial charge in [0.2, 0.25) is 10.0 Å². The van der Waals surface area contributed by atoms with Crippen LogP contribution in [0.25, 0.3) is 10.8 Å². The molecule has 0 heterocycles. The van der Waals surface area contributed by atoms with Crippen molar-refractivity contribution in [3.05, 3.63) is 106 Å². The Labute approximate surface area is 225 Å². The van der Waals surface area contributed by atoms with E-state index in [0.717, 1.165) is 20.6 Å². The largest absolute Gasteiger partial charge is 0.507 e. The van der Waals surface area contributed by atoms with Gasteiger partial charge in [-0.1, -0.05) is 77.3 Å². The lowest BCUT2D eigenvalue weighted by atomic mass is 10.0. The fraction of sp³-hybridized carbons (Fsp3) is 0.111. The van der Waals surface area contributed by atoms with Crippen LogP contribution in [-0.4, -0.2) is 36.5 Å². The minimum absolute atomic E-state index is 0.00217. The van der Waals surface area contributed by atoms with Crippen molar-refractivity contribution >= 4 is 56.1 Å². The molecule has 4 rings (SSSR count). The molecule has 0 aliphatic heterocycles. The van der Waals surface area contributed by atoms with Crippen molar-refractivity contribution in [3.63, 3.8) is 0 Å². The Kier molecular flexibility index (Phi) is 8.14. The van der Waals surface area contributed by atoms with E-state index in [1.165, 1.54) is 30.5 Å². The number of benzene rings is 4. The molecule has 4 aromatic rings. The van der Waals surface area contributed by atoms with E-state index in [9.17, 15) is 18.3 Å². The molecule has 0 spiro atoms. The Morgan fingerprint density at radius 3 is 2.49 bits per heavy atom. The fourth-order valence-electron chi connectivity index (χ4n) is 3.71. The highest BCUT2D eigenvalue weighted by molar-refractivity contribution is 7.89. The van der Waals surface area contributed by atoms with Crippen LogP contribution < -0.4 is 5.43 Å². The number of halogens is 2. The zero-order valence-electron chi connectivity index (χ0n) is 19.7. The molecule has 190 valence electrons. The number of phenols is 1. The number of nitrogens with zero attached hydrogens (tertiary/aromatic N) is 2. The third-order valence-corrected chi connectivity index (χ3v) is 8.06. The van der Waals surface area contributed by atoms with E-state index >= 15 is 0 Å². The molecule has 0 aromatic heterocycles. The van der Waals surface area contributed by atoms with Gasteiger partial charge in [0.05, 0.1) is 17.7 Å². The summed E-state index contributed by atoms with van der Waals surface area (Å²) in [7, 11) is -4.06. The minimum atomic E-state index is -4.06. The van der Waals surface area contributed by atoms with Crippen LogP contribution in [0.1, 0.15) is 16.7 Å². The van der Waals surface area contributed by atoms with Gasteiger partial charge in [0.25, 0.3) is 5.91 Å². The number of aromatic hydroxyl groups is 1. The first-order valence-electron chi connectivity index (χ1n) is 11.2. The number of amides is 1. The van der Waals surface area contributed by atoms with Gasteiger partial charge in [-0.05, 0) is 53.6 Å². The SMILES string of the molecule is Cc1ccc(S(=O)(=O)N(CC(=O)N/N=C\c2c(O)ccc3ccccc23)Cc2ccc(Cl)cc2Cl)cc1. The summed E-state index contributed by atoms with van der Waals surface area (Å²) < 4.78 is 27.9. The van der Waals surface area contributed by atoms with Gasteiger partial charge in [0.1, 0.15) is 5.75 Å². The van der Waals surface area contributed by atoms with E-state index in [2.05, 4.69) is 10.5 Å². The lowest BCUT2D eigenvalue weighted by Crippen LogP contribution is -2.39. The maximum atomic E-state index is 13.5. The average molecular weight is 556 g/mol. The number of sulfonamides is 1. The summed E-state index contributed by atoms with van der Waals surface area (Å²) in [6.45, 7) is 1.17. The molecule has 0 radical (unpaired) electrons. The van der Waals surface area contributed by atoms with E-state index in [1.54, 1.807) is 30.3 Å². The zero-order chi connectivity index (χ0) is 26.6. The van der Waals surface area contributed by atoms with Gasteiger partial charge in [-0.15, -0.1) is 0 Å². The third-order valence-electron chi connectivity index (χ3n) is 5.67. The molecule has 4 aromatic carbocycles. The monoisotopic (exact) mass is 555 g/mol. The fourth-order valence-corrected chi connectivity index (χ4v) is 5.55. The molecule has 0 aliphatic carbocycles. The topological polar surface area (TPSA) is 99.1 Å². The smallest absolute Gasteiger partial charge is 0.255 e. The lowest BCUT2D eigenvalue weighted by molar-refractivity contribution is -0.121. The van der Waals surface area contributed by atoms with Crippen molar-refractivity contribution in [2.75, 3.05) is 6.54 Å². The Hall–Kier alpha value is -3.43. The van der Waals surface area contributed by atoms with Crippen LogP contribution in [0.4, 0.5) is 0 Å². The van der Waals surface area contributed by atoms with Gasteiger partial charge in [0, 0.05) is 22.2 Å². The number of phenolic OH excluding ortho intramolecular Hbond substituents is 1. The zero-order valence-corrected chi connectivity index (χ0v) is 22.1. The molecule has 37 heavy (non-hydrogen) atoms. The van der Waals surface area contributed by atoms with Gasteiger partial charge in [-0.3, -0.25) is 4.79 Å². The molecular formula is C27H23Cl2N3O4S. The van der Waals surface area contributed by atoms with Gasteiger partial charge in [-0.25, -0.2) is 13.8 Å². The highest BCUT2D eigenvalue weighted by atomic mass is 35.5. The van der Waals surface area contributed by atoms with Crippen molar-refractivity contribution in [2.24, 2.45) is 5.10 Å². The molecule has 10 heteroatoms. The van der Waals surface area contributed by atoms with Crippen LogP contribution >= 0.6 is 23.2 Å². The van der Waals surface area contributed by atoms with Crippen molar-refractivity contribution < 1.29 is 18.3 Å². The number of carbonyl (C=O) groups excluding carboxylic acids is 1. The standard InChI is InChI=1S/C27H23Cl2N3O4S/c1-18-6-11-22(12-7-18)37(35,36)32(16-20-8-10-21(28)14-25(20)29)17-27(34)31-30-15-24-23-5-3-2-4-19(23)9-13-26(24)33/h2-15,33H,16-17H2,1H3,(H,31,34)/b30-15-. The number of carbonyl (C=O) groups is 1. The molecule has 0 saturated carbocycles. The summed E-state index contributed by atoms with van der Waals surface area (Å²) in [6, 6.07) is 21.8. The summed E-state index contributed by atoms with van der Waals surface area (Å²) >= 11 is 12.3. The first-order valence-corrected chi connectivity index (χ1v) is 13.4. The number of fused-ring (bicyclic) bond motifs is 1. The van der Waals surface area contributed by atoms with Crippen molar-refractivity contribution in [1.82, 2.24) is 9.73 Å². The van der Waals surface area contributed by atoms with Crippen LogP contribution in [0.15, 0.2) is 88.9 Å². The molecule has 1 amide bonds. The number of hydrazone groups is 1. The average Bonchev–Trinajstić information content (AvgIpc) is 2.86. The maximum absolute atomic E-state index is 13.5. The lowest BCUT2D eigenvalue weighted by Gasteiger charge is -2.22. The predicted octanol–water partition coefficient (Wildman–Crippen LogP) is 5.50. The predicted molar refractivity (Wildman–Crippen MR) is 147 cm³/mol. The molecule has 2 N–H and O–H groups in total. The molecule has 0 aliphatic rings. The molecular weight excluding hydrogens is 533 g/mol. The van der Waals surface area contributed by atoms with Crippen molar-refractivity contribution in [1.29, 1.82) is 0 Å². The van der Waals surface area contributed by atoms with Crippen LogP contribution in [0, 0.1) is 6.92 Å². The second-order valence-corrected chi connectivity index (χ2v) is 11.1. The Balaban J connectivity index is 1.58. The normalized spacial score (nSPS) is 11.9. The highest BCUT2D eigenvalue weighted by Crippen LogP contribution is 2.26. The second-order valence-electron chi connectivity index (χ2n) is 8.33. The van der Waals surface area contributed by atoms with Crippen LogP contribution in [0.5, 0.6) is 5.75 Å². The first kappa shape index (κ1) is 26.6. The minimum Gasteiger partial charge on any atom is -0.507 e. The number of nitrogens with one attached hydrogen (secondary N) is 1. The summed E-state index contributed by atoms with van der Waals surface area (Å²) in [5.41, 5.74) is 4.16. The van der Waals surface area contributed by atoms with Crippen LogP contribution in [0.3, 0.4) is 0 Å². The molecule has 0 atom stereocenters. The molecule has 7 nitrogen and oxygen atoms in total. The summed E-state index contributed by atoms with van der Waals surface area (Å²) in [5, 5.41) is 16.6. The van der Waals surface area contributed by atoms with Gasteiger partial charge >= 0.3 is 0 Å². The Morgan fingerprint density at radius 2 is 1.76 bits per heavy atom. The summed E-state index contributed by atoms with van der Waals surface area (Å²) in [6.07, 6.45) is 1.32. The van der Waals surface area contributed by atoms with Crippen LogP contribution in [-0.2, 0) is 21.4 Å². The Morgan fingerprint density at radius 1 is 1.03 bits per heavy atom. The van der Waals surface area contributed by atoms with Gasteiger partial charge < -0.3 is 5.11 Å². The number of rotatable bonds is 8. The Bertz CT molecular complexity index is 1590. The third kappa shape index (κ3) is 6.29. The highest BCUT2D eigenvalue weighted by Gasteiger charge is 2.27. The van der Waals surface area contributed by atoms with E-state index in [1.807, 2.05) is 31.2 Å². The van der Waals surface area contributed by atoms with E-state index < -0.39 is 22.5 Å². The molecule has 0 saturated heterocycles. The maximum Gasteiger partial charge on any atom is 0.255 e. The van der Waals surface area contributed by atoms with Gasteiger partial charge in [0.15, 0.2) is 0 Å².